The molecule has 202 valence electrons. The van der Waals surface area contributed by atoms with Crippen molar-refractivity contribution in [3.63, 3.8) is 0 Å². The Kier molecular flexibility index (Phi) is 5.40. The Morgan fingerprint density at radius 3 is 2.05 bits per heavy atom. The maximum Gasteiger partial charge on any atom is 0.137 e. The standard InChI is InChI=1S/C40H25NOS/c1-2-12-27(13-3-1)29-24-25-31-30-17-7-9-23-37(30)43-40(31)39(29)41(33-19-10-15-26-14-4-5-16-28(26)33)34-20-11-22-36-38(34)32-18-6-8-21-35(32)42-36/h1-25H. The number of furan rings is 1. The fourth-order valence-electron chi connectivity index (χ4n) is 6.56. The monoisotopic (exact) mass is 567 g/mol. The first-order chi connectivity index (χ1) is 21.3. The molecule has 2 nitrogen and oxygen atoms in total. The third kappa shape index (κ3) is 3.72. The van der Waals surface area contributed by atoms with Gasteiger partial charge < -0.3 is 9.32 Å². The van der Waals surface area contributed by atoms with Crippen molar-refractivity contribution in [3.8, 4) is 11.1 Å². The Labute approximate surface area is 252 Å². The summed E-state index contributed by atoms with van der Waals surface area (Å²) in [6.07, 6.45) is 0. The van der Waals surface area contributed by atoms with Crippen LogP contribution in [0.1, 0.15) is 0 Å². The highest BCUT2D eigenvalue weighted by Gasteiger charge is 2.26. The van der Waals surface area contributed by atoms with Gasteiger partial charge in [0.1, 0.15) is 11.2 Å². The van der Waals surface area contributed by atoms with Gasteiger partial charge in [-0.05, 0) is 41.3 Å². The van der Waals surface area contributed by atoms with Crippen molar-refractivity contribution in [2.24, 2.45) is 0 Å². The van der Waals surface area contributed by atoms with E-state index < -0.39 is 0 Å². The van der Waals surface area contributed by atoms with Crippen molar-refractivity contribution < 1.29 is 4.42 Å². The van der Waals surface area contributed by atoms with E-state index >= 15 is 0 Å². The van der Waals surface area contributed by atoms with E-state index in [2.05, 4.69) is 150 Å². The normalized spacial score (nSPS) is 11.7. The van der Waals surface area contributed by atoms with Crippen molar-refractivity contribution >= 4 is 81.3 Å². The predicted molar refractivity (Wildman–Crippen MR) is 184 cm³/mol. The lowest BCUT2D eigenvalue weighted by Crippen LogP contribution is -2.12. The summed E-state index contributed by atoms with van der Waals surface area (Å²) in [7, 11) is 0. The van der Waals surface area contributed by atoms with E-state index in [4.69, 9.17) is 4.42 Å². The molecule has 3 heteroatoms. The molecule has 0 atom stereocenters. The summed E-state index contributed by atoms with van der Waals surface area (Å²) >= 11 is 1.87. The molecule has 9 rings (SSSR count). The zero-order valence-corrected chi connectivity index (χ0v) is 24.0. The van der Waals surface area contributed by atoms with E-state index in [-0.39, 0.29) is 0 Å². The number of fused-ring (bicyclic) bond motifs is 7. The van der Waals surface area contributed by atoms with Crippen LogP contribution < -0.4 is 4.90 Å². The molecule has 0 radical (unpaired) electrons. The lowest BCUT2D eigenvalue weighted by molar-refractivity contribution is 0.669. The molecular weight excluding hydrogens is 543 g/mol. The molecular formula is C40H25NOS. The van der Waals surface area contributed by atoms with E-state index in [9.17, 15) is 0 Å². The van der Waals surface area contributed by atoms with Crippen LogP contribution in [0.15, 0.2) is 156 Å². The van der Waals surface area contributed by atoms with Gasteiger partial charge in [0.15, 0.2) is 0 Å². The minimum Gasteiger partial charge on any atom is -0.456 e. The summed E-state index contributed by atoms with van der Waals surface area (Å²) in [5.41, 5.74) is 7.57. The number of rotatable bonds is 4. The van der Waals surface area contributed by atoms with E-state index in [0.29, 0.717) is 0 Å². The lowest BCUT2D eigenvalue weighted by Gasteiger charge is -2.30. The van der Waals surface area contributed by atoms with Crippen molar-refractivity contribution in [1.82, 2.24) is 0 Å². The summed E-state index contributed by atoms with van der Waals surface area (Å²) in [6.45, 7) is 0. The first kappa shape index (κ1) is 24.2. The molecule has 0 aliphatic heterocycles. The van der Waals surface area contributed by atoms with Gasteiger partial charge in [0.25, 0.3) is 0 Å². The third-order valence-corrected chi connectivity index (χ3v) is 9.65. The Morgan fingerprint density at radius 1 is 0.465 bits per heavy atom. The van der Waals surface area contributed by atoms with Gasteiger partial charge in [-0.15, -0.1) is 11.3 Å². The molecule has 0 aliphatic carbocycles. The largest absolute Gasteiger partial charge is 0.456 e. The molecule has 0 N–H and O–H groups in total. The summed E-state index contributed by atoms with van der Waals surface area (Å²) in [4.78, 5) is 2.49. The van der Waals surface area contributed by atoms with Crippen molar-refractivity contribution in [1.29, 1.82) is 0 Å². The molecule has 0 unspecified atom stereocenters. The maximum atomic E-state index is 6.43. The Balaban J connectivity index is 1.50. The summed E-state index contributed by atoms with van der Waals surface area (Å²) in [6, 6.07) is 54.2. The molecule has 0 spiro atoms. The fraction of sp³-hybridized carbons (Fsp3) is 0. The molecule has 0 amide bonds. The first-order valence-electron chi connectivity index (χ1n) is 14.5. The number of nitrogens with zero attached hydrogens (tertiary/aromatic N) is 1. The zero-order valence-electron chi connectivity index (χ0n) is 23.2. The Hall–Kier alpha value is -5.38. The van der Waals surface area contributed by atoms with Crippen LogP contribution >= 0.6 is 11.3 Å². The molecule has 43 heavy (non-hydrogen) atoms. The summed E-state index contributed by atoms with van der Waals surface area (Å²) < 4.78 is 8.98. The number of anilines is 3. The third-order valence-electron chi connectivity index (χ3n) is 8.46. The average molecular weight is 568 g/mol. The number of para-hydroxylation sites is 1. The van der Waals surface area contributed by atoms with E-state index in [1.54, 1.807) is 0 Å². The maximum absolute atomic E-state index is 6.43. The molecule has 9 aromatic rings. The van der Waals surface area contributed by atoms with E-state index in [1.165, 1.54) is 47.8 Å². The second-order valence-electron chi connectivity index (χ2n) is 10.9. The van der Waals surface area contributed by atoms with Gasteiger partial charge in [-0.25, -0.2) is 0 Å². The van der Waals surface area contributed by atoms with Gasteiger partial charge in [-0.3, -0.25) is 0 Å². The Bertz CT molecular complexity index is 2460. The molecule has 0 saturated heterocycles. The van der Waals surface area contributed by atoms with Gasteiger partial charge in [-0.2, -0.15) is 0 Å². The fourth-order valence-corrected chi connectivity index (χ4v) is 7.80. The van der Waals surface area contributed by atoms with Gasteiger partial charge >= 0.3 is 0 Å². The highest BCUT2D eigenvalue weighted by atomic mass is 32.1. The van der Waals surface area contributed by atoms with E-state index in [1.807, 2.05) is 17.4 Å². The van der Waals surface area contributed by atoms with Crippen LogP contribution in [-0.2, 0) is 0 Å². The number of hydrogen-bond donors (Lipinski definition) is 0. The van der Waals surface area contributed by atoms with Gasteiger partial charge in [0.05, 0.1) is 27.1 Å². The molecule has 0 fully saturated rings. The van der Waals surface area contributed by atoms with Crippen LogP contribution in [0.3, 0.4) is 0 Å². The van der Waals surface area contributed by atoms with Crippen LogP contribution in [0.5, 0.6) is 0 Å². The highest BCUT2D eigenvalue weighted by Crippen LogP contribution is 2.52. The van der Waals surface area contributed by atoms with Crippen LogP contribution in [0.4, 0.5) is 17.1 Å². The minimum atomic E-state index is 0.883. The van der Waals surface area contributed by atoms with Crippen LogP contribution in [0, 0.1) is 0 Å². The number of thiophene rings is 1. The molecule has 0 saturated carbocycles. The first-order valence-corrected chi connectivity index (χ1v) is 15.3. The second-order valence-corrected chi connectivity index (χ2v) is 11.9. The zero-order chi connectivity index (χ0) is 28.3. The molecule has 0 aliphatic rings. The van der Waals surface area contributed by atoms with Crippen LogP contribution in [0.25, 0.3) is 64.0 Å². The van der Waals surface area contributed by atoms with Gasteiger partial charge in [0.2, 0.25) is 0 Å². The summed E-state index contributed by atoms with van der Waals surface area (Å²) in [5, 5.41) is 7.19. The van der Waals surface area contributed by atoms with Gasteiger partial charge in [0, 0.05) is 31.8 Å². The second kappa shape index (κ2) is 9.59. The predicted octanol–water partition coefficient (Wildman–Crippen LogP) is 12.2. The van der Waals surface area contributed by atoms with Crippen molar-refractivity contribution in [2.75, 3.05) is 4.90 Å². The van der Waals surface area contributed by atoms with Crippen molar-refractivity contribution in [3.05, 3.63) is 152 Å². The minimum absolute atomic E-state index is 0.883. The SMILES string of the molecule is c1ccc(-c2ccc3c(sc4ccccc43)c2N(c2cccc3ccccc23)c2cccc3oc4ccccc4c23)cc1. The molecule has 2 heterocycles. The van der Waals surface area contributed by atoms with Gasteiger partial charge in [-0.1, -0.05) is 121 Å². The smallest absolute Gasteiger partial charge is 0.137 e. The Morgan fingerprint density at radius 2 is 1.14 bits per heavy atom. The summed E-state index contributed by atoms with van der Waals surface area (Å²) in [5.74, 6) is 0. The number of benzene rings is 7. The molecule has 2 aromatic heterocycles. The lowest BCUT2D eigenvalue weighted by atomic mass is 9.98. The average Bonchev–Trinajstić information content (AvgIpc) is 3.64. The topological polar surface area (TPSA) is 16.4 Å². The number of hydrogen-bond acceptors (Lipinski definition) is 3. The molecule has 7 aromatic carbocycles. The van der Waals surface area contributed by atoms with Crippen molar-refractivity contribution in [2.45, 2.75) is 0 Å². The van der Waals surface area contributed by atoms with Crippen LogP contribution in [0.2, 0.25) is 0 Å². The van der Waals surface area contributed by atoms with E-state index in [0.717, 1.165) is 33.3 Å². The quantitative estimate of drug-likeness (QED) is 0.210. The molecule has 0 bridgehead atoms. The highest BCUT2D eigenvalue weighted by molar-refractivity contribution is 7.26. The van der Waals surface area contributed by atoms with Crippen LogP contribution in [-0.4, -0.2) is 0 Å².